The number of hydrogen-bond donors (Lipinski definition) is 3. The smallest absolute Gasteiger partial charge is 0.269 e. The van der Waals surface area contributed by atoms with Crippen LogP contribution in [0.4, 0.5) is 4.39 Å². The second-order valence-corrected chi connectivity index (χ2v) is 6.53. The van der Waals surface area contributed by atoms with Crippen molar-refractivity contribution in [3.05, 3.63) is 59.4 Å². The molecule has 1 aliphatic carbocycles. The number of allylic oxidation sites excluding steroid dienone is 2. The number of H-pyrrole nitrogens is 1. The van der Waals surface area contributed by atoms with E-state index in [1.165, 1.54) is 31.2 Å². The van der Waals surface area contributed by atoms with Gasteiger partial charge in [-0.25, -0.2) is 9.37 Å². The van der Waals surface area contributed by atoms with E-state index in [0.717, 1.165) is 11.1 Å². The van der Waals surface area contributed by atoms with E-state index in [1.54, 1.807) is 18.2 Å². The van der Waals surface area contributed by atoms with Gasteiger partial charge in [-0.3, -0.25) is 10.2 Å². The van der Waals surface area contributed by atoms with E-state index < -0.39 is 0 Å². The number of imidazole rings is 1. The summed E-state index contributed by atoms with van der Waals surface area (Å²) < 4.78 is 13.0. The van der Waals surface area contributed by atoms with Crippen LogP contribution in [0, 0.1) is 11.7 Å². The highest BCUT2D eigenvalue weighted by Gasteiger charge is 2.29. The van der Waals surface area contributed by atoms with Gasteiger partial charge in [0.2, 0.25) is 5.71 Å². The van der Waals surface area contributed by atoms with E-state index in [9.17, 15) is 9.18 Å². The molecule has 130 valence electrons. The molecule has 1 saturated carbocycles. The molecule has 0 saturated heterocycles. The number of amides is 1. The molecule has 0 aliphatic heterocycles. The van der Waals surface area contributed by atoms with Crippen molar-refractivity contribution < 1.29 is 14.6 Å². The number of nitrogens with one attached hydrogen (secondary N) is 2. The predicted octanol–water partition coefficient (Wildman–Crippen LogP) is 1.73. The monoisotopic (exact) mass is 341 g/mol. The molecule has 1 amide bonds. The highest BCUT2D eigenvalue weighted by Crippen LogP contribution is 2.32. The molecule has 4 N–H and O–H groups in total. The summed E-state index contributed by atoms with van der Waals surface area (Å²) in [5, 5.41) is 9.04. The molecule has 1 heterocycles. The summed E-state index contributed by atoms with van der Waals surface area (Å²) in [5.41, 5.74) is 2.44. The Morgan fingerprint density at radius 2 is 2.08 bits per heavy atom. The lowest BCUT2D eigenvalue weighted by Gasteiger charge is -2.11. The lowest BCUT2D eigenvalue weighted by atomic mass is 10.1. The summed E-state index contributed by atoms with van der Waals surface area (Å²) in [6.07, 6.45) is 5.63. The molecule has 2 aromatic rings. The van der Waals surface area contributed by atoms with E-state index in [-0.39, 0.29) is 17.8 Å². The van der Waals surface area contributed by atoms with Gasteiger partial charge in [0.05, 0.1) is 6.20 Å². The van der Waals surface area contributed by atoms with Crippen molar-refractivity contribution >= 4 is 17.2 Å². The maximum atomic E-state index is 13.0. The van der Waals surface area contributed by atoms with Crippen LogP contribution in [0.3, 0.4) is 0 Å². The van der Waals surface area contributed by atoms with E-state index >= 15 is 0 Å². The zero-order valence-electron chi connectivity index (χ0n) is 14.3. The third-order valence-corrected chi connectivity index (χ3v) is 4.43. The standard InChI is InChI=1S/C19H21FN4O/c1-11(9-16(21)14-5-7-15(20)8-6-14)18-22-10-17(24-18)19(25)23-12(2)13-3-4-13/h5-10,12-13,21H,3-4H2,1-2H3,(H,22,24)(H,23,25)/p+1/b11-9-,21-16?. The van der Waals surface area contributed by atoms with Gasteiger partial charge in [0.25, 0.3) is 5.91 Å². The molecule has 25 heavy (non-hydrogen) atoms. The minimum absolute atomic E-state index is 0.151. The highest BCUT2D eigenvalue weighted by molar-refractivity contribution is 6.08. The number of aromatic amines is 1. The van der Waals surface area contributed by atoms with Crippen molar-refractivity contribution in [1.82, 2.24) is 15.3 Å². The van der Waals surface area contributed by atoms with Crippen LogP contribution in [0.15, 0.2) is 36.5 Å². The third-order valence-electron chi connectivity index (χ3n) is 4.43. The summed E-state index contributed by atoms with van der Waals surface area (Å²) >= 11 is 0. The second-order valence-electron chi connectivity index (χ2n) is 6.53. The van der Waals surface area contributed by atoms with Crippen molar-refractivity contribution in [2.45, 2.75) is 32.7 Å². The molecule has 0 spiro atoms. The van der Waals surface area contributed by atoms with Crippen molar-refractivity contribution in [2.75, 3.05) is 0 Å². The zero-order chi connectivity index (χ0) is 18.0. The maximum absolute atomic E-state index is 13.0. The Hall–Kier alpha value is -2.76. The Morgan fingerprint density at radius 1 is 1.40 bits per heavy atom. The van der Waals surface area contributed by atoms with Crippen molar-refractivity contribution in [1.29, 1.82) is 0 Å². The number of halogens is 1. The number of benzene rings is 1. The molecule has 1 unspecified atom stereocenters. The van der Waals surface area contributed by atoms with Gasteiger partial charge in [-0.05, 0) is 62.4 Å². The molecule has 1 aromatic carbocycles. The molecule has 1 fully saturated rings. The first-order valence-electron chi connectivity index (χ1n) is 8.37. The first-order valence-corrected chi connectivity index (χ1v) is 8.37. The van der Waals surface area contributed by atoms with Gasteiger partial charge in [0.1, 0.15) is 17.3 Å². The number of carbonyl (C=O) groups excluding carboxylic acids is 1. The van der Waals surface area contributed by atoms with E-state index in [0.29, 0.717) is 23.1 Å². The van der Waals surface area contributed by atoms with Crippen LogP contribution in [0.5, 0.6) is 0 Å². The number of carbonyl (C=O) groups is 1. The lowest BCUT2D eigenvalue weighted by Crippen LogP contribution is -2.39. The summed E-state index contributed by atoms with van der Waals surface area (Å²) in [7, 11) is 0. The highest BCUT2D eigenvalue weighted by atomic mass is 19.1. The molecule has 6 heteroatoms. The van der Waals surface area contributed by atoms with E-state index in [4.69, 9.17) is 5.41 Å². The Morgan fingerprint density at radius 3 is 2.72 bits per heavy atom. The normalized spacial score (nSPS) is 15.7. The SMILES string of the molecule is C/C(=C/C(=[NH2+])c1ccc(F)cc1)c1ncc(C(=O)NC(C)C2CC2)[nH]1. The fraction of sp³-hybridized carbons (Fsp3) is 0.316. The fourth-order valence-electron chi connectivity index (χ4n) is 2.66. The van der Waals surface area contributed by atoms with Crippen molar-refractivity contribution in [3.63, 3.8) is 0 Å². The van der Waals surface area contributed by atoms with Gasteiger partial charge in [-0.2, -0.15) is 0 Å². The molecule has 1 aliphatic rings. The second kappa shape index (κ2) is 7.01. The number of rotatable bonds is 6. The Kier molecular flexibility index (Phi) is 4.79. The molecule has 3 rings (SSSR count). The number of hydrogen-bond acceptors (Lipinski definition) is 2. The quantitative estimate of drug-likeness (QED) is 0.699. The molecule has 0 radical (unpaired) electrons. The summed E-state index contributed by atoms with van der Waals surface area (Å²) in [5.74, 6) is 0.716. The molecule has 0 bridgehead atoms. The van der Waals surface area contributed by atoms with E-state index in [1.807, 2.05) is 13.8 Å². The van der Waals surface area contributed by atoms with Crippen molar-refractivity contribution in [3.8, 4) is 0 Å². The average molecular weight is 341 g/mol. The Labute approximate surface area is 145 Å². The van der Waals surface area contributed by atoms with Crippen LogP contribution in [-0.2, 0) is 0 Å². The van der Waals surface area contributed by atoms with E-state index in [2.05, 4.69) is 15.3 Å². The average Bonchev–Trinajstić information content (AvgIpc) is 3.31. The first kappa shape index (κ1) is 17.1. The predicted molar refractivity (Wildman–Crippen MR) is 94.3 cm³/mol. The lowest BCUT2D eigenvalue weighted by molar-refractivity contribution is -0.110. The summed E-state index contributed by atoms with van der Waals surface area (Å²) in [6, 6.07) is 6.14. The molecular weight excluding hydrogens is 319 g/mol. The molecule has 5 nitrogen and oxygen atoms in total. The minimum atomic E-state index is -0.306. The van der Waals surface area contributed by atoms with Crippen LogP contribution in [0.25, 0.3) is 5.57 Å². The number of nitrogens with zero attached hydrogens (tertiary/aromatic N) is 1. The van der Waals surface area contributed by atoms with Gasteiger partial charge in [0.15, 0.2) is 0 Å². The number of nitrogens with two attached hydrogens (primary N) is 1. The van der Waals surface area contributed by atoms with Crippen LogP contribution in [0.2, 0.25) is 0 Å². The van der Waals surface area contributed by atoms with Gasteiger partial charge in [0, 0.05) is 17.7 Å². The van der Waals surface area contributed by atoms with Crippen LogP contribution >= 0.6 is 0 Å². The Bertz CT molecular complexity index is 818. The van der Waals surface area contributed by atoms with Crippen LogP contribution in [-0.4, -0.2) is 27.6 Å². The van der Waals surface area contributed by atoms with Crippen molar-refractivity contribution in [2.24, 2.45) is 5.92 Å². The fourth-order valence-corrected chi connectivity index (χ4v) is 2.66. The summed E-state index contributed by atoms with van der Waals surface area (Å²) in [4.78, 5) is 19.5. The molecular formula is C19H22FN4O+. The molecule has 1 aromatic heterocycles. The van der Waals surface area contributed by atoms with Gasteiger partial charge >= 0.3 is 0 Å². The van der Waals surface area contributed by atoms with Crippen LogP contribution in [0.1, 0.15) is 48.6 Å². The maximum Gasteiger partial charge on any atom is 0.269 e. The topological polar surface area (TPSA) is 83.4 Å². The third kappa shape index (κ3) is 4.21. The zero-order valence-corrected chi connectivity index (χ0v) is 14.3. The van der Waals surface area contributed by atoms with Gasteiger partial charge in [-0.15, -0.1) is 0 Å². The Balaban J connectivity index is 1.68. The minimum Gasteiger partial charge on any atom is -0.348 e. The van der Waals surface area contributed by atoms with Gasteiger partial charge < -0.3 is 10.3 Å². The first-order chi connectivity index (χ1) is 11.9. The largest absolute Gasteiger partial charge is 0.348 e. The van der Waals surface area contributed by atoms with Crippen LogP contribution < -0.4 is 10.7 Å². The summed E-state index contributed by atoms with van der Waals surface area (Å²) in [6.45, 7) is 3.88. The molecule has 1 atom stereocenters. The van der Waals surface area contributed by atoms with Gasteiger partial charge in [-0.1, -0.05) is 0 Å². The number of aromatic nitrogens is 2.